The second kappa shape index (κ2) is 11.0. The lowest BCUT2D eigenvalue weighted by Gasteiger charge is -2.12. The topological polar surface area (TPSA) is 141 Å². The molecule has 1 saturated heterocycles. The van der Waals surface area contributed by atoms with Crippen molar-refractivity contribution in [2.24, 2.45) is 0 Å². The first kappa shape index (κ1) is 25.5. The van der Waals surface area contributed by atoms with E-state index in [2.05, 4.69) is 5.32 Å². The van der Waals surface area contributed by atoms with Crippen molar-refractivity contribution in [1.82, 2.24) is 4.90 Å². The van der Waals surface area contributed by atoms with Gasteiger partial charge in [-0.25, -0.2) is 0 Å². The molecule has 2 aromatic carbocycles. The minimum atomic E-state index is -0.648. The summed E-state index contributed by atoms with van der Waals surface area (Å²) in [5, 5.41) is 13.5. The molecule has 0 aliphatic carbocycles. The van der Waals surface area contributed by atoms with Crippen LogP contribution < -0.4 is 14.8 Å². The lowest BCUT2D eigenvalue weighted by Crippen LogP contribution is -2.36. The summed E-state index contributed by atoms with van der Waals surface area (Å²) in [6.45, 7) is 1.91. The summed E-state index contributed by atoms with van der Waals surface area (Å²) in [6.07, 6.45) is 1.36. The maximum atomic E-state index is 12.8. The van der Waals surface area contributed by atoms with Crippen LogP contribution in [0.3, 0.4) is 0 Å². The zero-order chi connectivity index (χ0) is 26.5. The number of thioether (sulfide) groups is 1. The van der Waals surface area contributed by atoms with E-state index in [0.717, 1.165) is 4.90 Å². The summed E-state index contributed by atoms with van der Waals surface area (Å²) in [5.41, 5.74) is 0.510. The zero-order valence-electron chi connectivity index (χ0n) is 19.8. The molecule has 3 amide bonds. The highest BCUT2D eigenvalue weighted by molar-refractivity contribution is 8.18. The van der Waals surface area contributed by atoms with Gasteiger partial charge in [0.2, 0.25) is 5.91 Å². The molecule has 0 bridgehead atoms. The number of methoxy groups -OCH3 is 1. The fraction of sp³-hybridized carbons (Fsp3) is 0.160. The lowest BCUT2D eigenvalue weighted by atomic mass is 10.1. The van der Waals surface area contributed by atoms with Gasteiger partial charge in [0.1, 0.15) is 29.6 Å². The molecular formula is C25H21N3O8S. The highest BCUT2D eigenvalue weighted by Gasteiger charge is 2.36. The Hall–Kier alpha value is -4.58. The highest BCUT2D eigenvalue weighted by Crippen LogP contribution is 2.36. The molecule has 3 aromatic rings. The number of benzene rings is 2. The zero-order valence-corrected chi connectivity index (χ0v) is 20.6. The van der Waals surface area contributed by atoms with Crippen LogP contribution in [-0.4, -0.2) is 47.1 Å². The molecule has 1 aliphatic heterocycles. The van der Waals surface area contributed by atoms with Crippen molar-refractivity contribution in [3.63, 3.8) is 0 Å². The van der Waals surface area contributed by atoms with E-state index in [0.29, 0.717) is 35.6 Å². The third kappa shape index (κ3) is 5.81. The minimum absolute atomic E-state index is 0.0593. The first-order valence-corrected chi connectivity index (χ1v) is 11.8. The molecule has 4 rings (SSSR count). The van der Waals surface area contributed by atoms with E-state index in [-0.39, 0.29) is 27.7 Å². The molecule has 190 valence electrons. The minimum Gasteiger partial charge on any atom is -0.497 e. The molecule has 1 aromatic heterocycles. The van der Waals surface area contributed by atoms with Crippen LogP contribution >= 0.6 is 11.8 Å². The maximum absolute atomic E-state index is 12.8. The number of nitro groups is 1. The van der Waals surface area contributed by atoms with Crippen molar-refractivity contribution in [2.45, 2.75) is 6.92 Å². The number of furan rings is 1. The quantitative estimate of drug-likeness (QED) is 0.234. The SMILES string of the molecule is CCOc1ccc(NC(=O)CN2C(=O)S/C(=C/c3ccc(-c4ccc(OC)cc4[N+](=O)[O-])o3)C2=O)cc1. The maximum Gasteiger partial charge on any atom is 0.294 e. The summed E-state index contributed by atoms with van der Waals surface area (Å²) in [4.78, 5) is 49.4. The van der Waals surface area contributed by atoms with Crippen LogP contribution in [0.5, 0.6) is 11.5 Å². The number of ether oxygens (including phenoxy) is 2. The van der Waals surface area contributed by atoms with E-state index in [1.165, 1.54) is 37.5 Å². The van der Waals surface area contributed by atoms with E-state index in [4.69, 9.17) is 13.9 Å². The van der Waals surface area contributed by atoms with Crippen LogP contribution in [-0.2, 0) is 9.59 Å². The van der Waals surface area contributed by atoms with Gasteiger partial charge in [-0.3, -0.25) is 29.4 Å². The number of anilines is 1. The van der Waals surface area contributed by atoms with Crippen LogP contribution in [0.15, 0.2) is 63.9 Å². The Balaban J connectivity index is 1.45. The third-order valence-corrected chi connectivity index (χ3v) is 6.10. The van der Waals surface area contributed by atoms with Gasteiger partial charge in [0, 0.05) is 11.8 Å². The number of imide groups is 1. The third-order valence-electron chi connectivity index (χ3n) is 5.19. The highest BCUT2D eigenvalue weighted by atomic mass is 32.2. The van der Waals surface area contributed by atoms with Gasteiger partial charge in [0.25, 0.3) is 16.8 Å². The van der Waals surface area contributed by atoms with Crippen LogP contribution in [0, 0.1) is 10.1 Å². The first-order valence-electron chi connectivity index (χ1n) is 11.0. The van der Waals surface area contributed by atoms with Crippen molar-refractivity contribution in [3.8, 4) is 22.8 Å². The monoisotopic (exact) mass is 523 g/mol. The Kier molecular flexibility index (Phi) is 7.58. The Morgan fingerprint density at radius 3 is 2.54 bits per heavy atom. The molecule has 1 N–H and O–H groups in total. The predicted molar refractivity (Wildman–Crippen MR) is 136 cm³/mol. The number of hydrogen-bond donors (Lipinski definition) is 1. The largest absolute Gasteiger partial charge is 0.497 e. The normalized spacial score (nSPS) is 14.2. The molecule has 12 heteroatoms. The van der Waals surface area contributed by atoms with Crippen molar-refractivity contribution in [1.29, 1.82) is 0 Å². The number of carbonyl (C=O) groups excluding carboxylic acids is 3. The van der Waals surface area contributed by atoms with Crippen molar-refractivity contribution < 1.29 is 33.2 Å². The van der Waals surface area contributed by atoms with Gasteiger partial charge < -0.3 is 19.2 Å². The molecule has 2 heterocycles. The number of nitro benzene ring substituents is 1. The molecular weight excluding hydrogens is 502 g/mol. The Morgan fingerprint density at radius 1 is 1.14 bits per heavy atom. The lowest BCUT2D eigenvalue weighted by molar-refractivity contribution is -0.384. The van der Waals surface area contributed by atoms with Gasteiger partial charge in [-0.05, 0) is 67.2 Å². The number of nitrogens with zero attached hydrogens (tertiary/aromatic N) is 2. The summed E-state index contributed by atoms with van der Waals surface area (Å²) in [7, 11) is 1.40. The van der Waals surface area contributed by atoms with E-state index in [1.807, 2.05) is 6.92 Å². The summed E-state index contributed by atoms with van der Waals surface area (Å²) in [5.74, 6) is 0.200. The Labute approximate surface area is 215 Å². The molecule has 0 spiro atoms. The number of carbonyl (C=O) groups is 3. The molecule has 0 saturated carbocycles. The van der Waals surface area contributed by atoms with E-state index >= 15 is 0 Å². The smallest absolute Gasteiger partial charge is 0.294 e. The average molecular weight is 524 g/mol. The fourth-order valence-corrected chi connectivity index (χ4v) is 4.30. The van der Waals surface area contributed by atoms with Crippen molar-refractivity contribution >= 4 is 46.3 Å². The van der Waals surface area contributed by atoms with E-state index < -0.39 is 28.5 Å². The average Bonchev–Trinajstić information content (AvgIpc) is 3.45. The molecule has 0 radical (unpaired) electrons. The number of amides is 3. The van der Waals surface area contributed by atoms with Crippen LogP contribution in [0.4, 0.5) is 16.2 Å². The van der Waals surface area contributed by atoms with Crippen LogP contribution in [0.1, 0.15) is 12.7 Å². The second-order valence-corrected chi connectivity index (χ2v) is 8.61. The molecule has 0 unspecified atom stereocenters. The van der Waals surface area contributed by atoms with Gasteiger partial charge >= 0.3 is 0 Å². The van der Waals surface area contributed by atoms with Gasteiger partial charge in [0.15, 0.2) is 0 Å². The summed E-state index contributed by atoms with van der Waals surface area (Å²) in [6, 6.07) is 14.1. The molecule has 1 aliphatic rings. The predicted octanol–water partition coefficient (Wildman–Crippen LogP) is 4.94. The number of rotatable bonds is 9. The summed E-state index contributed by atoms with van der Waals surface area (Å²) >= 11 is 0.668. The number of nitrogens with one attached hydrogen (secondary N) is 1. The van der Waals surface area contributed by atoms with E-state index in [1.54, 1.807) is 30.3 Å². The van der Waals surface area contributed by atoms with Gasteiger partial charge in [-0.15, -0.1) is 0 Å². The Bertz CT molecular complexity index is 1400. The standard InChI is InChI=1S/C25H21N3O8S/c1-3-35-16-6-4-15(5-7-16)26-23(29)14-27-24(30)22(37-25(27)31)13-18-9-11-21(36-18)19-10-8-17(34-2)12-20(19)28(32)33/h4-13H,3,14H2,1-2H3,(H,26,29)/b22-13+. The Morgan fingerprint density at radius 2 is 1.86 bits per heavy atom. The van der Waals surface area contributed by atoms with Gasteiger partial charge in [0.05, 0.1) is 35.2 Å². The summed E-state index contributed by atoms with van der Waals surface area (Å²) < 4.78 is 16.1. The van der Waals surface area contributed by atoms with Crippen molar-refractivity contribution in [2.75, 3.05) is 25.6 Å². The molecule has 37 heavy (non-hydrogen) atoms. The molecule has 11 nitrogen and oxygen atoms in total. The van der Waals surface area contributed by atoms with E-state index in [9.17, 15) is 24.5 Å². The van der Waals surface area contributed by atoms with Crippen molar-refractivity contribution in [3.05, 3.63) is 75.4 Å². The number of hydrogen-bond acceptors (Lipinski definition) is 9. The molecule has 1 fully saturated rings. The van der Waals surface area contributed by atoms with Gasteiger partial charge in [-0.2, -0.15) is 0 Å². The van der Waals surface area contributed by atoms with Crippen LogP contribution in [0.2, 0.25) is 0 Å². The molecule has 0 atom stereocenters. The second-order valence-electron chi connectivity index (χ2n) is 7.62. The van der Waals surface area contributed by atoms with Crippen LogP contribution in [0.25, 0.3) is 17.4 Å². The van der Waals surface area contributed by atoms with Gasteiger partial charge in [-0.1, -0.05) is 0 Å². The fourth-order valence-electron chi connectivity index (χ4n) is 3.48. The first-order chi connectivity index (χ1) is 17.8.